The first-order valence-electron chi connectivity index (χ1n) is 14.0. The highest BCUT2D eigenvalue weighted by molar-refractivity contribution is 7.22. The maximum atomic E-state index is 13.6. The molecule has 1 saturated heterocycles. The van der Waals surface area contributed by atoms with Gasteiger partial charge in [-0.2, -0.15) is 0 Å². The first-order chi connectivity index (χ1) is 19.8. The van der Waals surface area contributed by atoms with Crippen LogP contribution in [0, 0.1) is 6.92 Å². The van der Waals surface area contributed by atoms with Crippen LogP contribution in [0.3, 0.4) is 0 Å². The van der Waals surface area contributed by atoms with Gasteiger partial charge in [0.25, 0.3) is 5.78 Å². The fraction of sp³-hybridized carbons (Fsp3) is 0.303. The number of aliphatic hydroxyl groups excluding tert-OH is 1. The molecular formula is C33H32N2O5S. The van der Waals surface area contributed by atoms with E-state index in [9.17, 15) is 14.7 Å². The average Bonchev–Trinajstić information content (AvgIpc) is 3.63. The van der Waals surface area contributed by atoms with Gasteiger partial charge in [-0.15, -0.1) is 0 Å². The van der Waals surface area contributed by atoms with Crippen molar-refractivity contribution < 1.29 is 24.2 Å². The maximum Gasteiger partial charge on any atom is 0.301 e. The van der Waals surface area contributed by atoms with Gasteiger partial charge >= 0.3 is 5.91 Å². The summed E-state index contributed by atoms with van der Waals surface area (Å²) in [5.41, 5.74) is 3.98. The lowest BCUT2D eigenvalue weighted by molar-refractivity contribution is -0.132. The second-order valence-electron chi connectivity index (χ2n) is 10.7. The molecule has 3 aromatic carbocycles. The molecule has 0 spiro atoms. The molecule has 1 fully saturated rings. The Kier molecular flexibility index (Phi) is 7.26. The summed E-state index contributed by atoms with van der Waals surface area (Å²) < 4.78 is 12.6. The number of hydrogen-bond donors (Lipinski definition) is 1. The lowest BCUT2D eigenvalue weighted by Gasteiger charge is -2.23. The normalized spacial score (nSPS) is 19.5. The van der Waals surface area contributed by atoms with Crippen LogP contribution in [0.15, 0.2) is 66.2 Å². The van der Waals surface area contributed by atoms with Crippen molar-refractivity contribution in [3.63, 3.8) is 0 Å². The van der Waals surface area contributed by atoms with E-state index in [1.807, 2.05) is 62.4 Å². The Morgan fingerprint density at radius 1 is 1.10 bits per heavy atom. The monoisotopic (exact) mass is 568 g/mol. The fourth-order valence-electron chi connectivity index (χ4n) is 5.48. The Labute approximate surface area is 243 Å². The SMILES string of the molecule is CCCCCOc1ccc([C@@H]2/C(=C(\O)c3ccc4c(c3)C[C@H](C)O4)C(=O)C(=O)N2c2nc3ccc(C)cc3s2)cc1. The predicted octanol–water partition coefficient (Wildman–Crippen LogP) is 7.12. The molecule has 0 aliphatic carbocycles. The highest BCUT2D eigenvalue weighted by atomic mass is 32.1. The third-order valence-corrected chi connectivity index (χ3v) is 8.58. The molecule has 3 heterocycles. The molecule has 7 nitrogen and oxygen atoms in total. The van der Waals surface area contributed by atoms with Crippen molar-refractivity contribution in [2.75, 3.05) is 11.5 Å². The molecule has 2 aliphatic heterocycles. The number of nitrogens with zero attached hydrogens (tertiary/aromatic N) is 2. The van der Waals surface area contributed by atoms with E-state index in [4.69, 9.17) is 14.5 Å². The standard InChI is InChI=1S/C33H32N2O5S/c1-4-5-6-15-39-24-11-8-21(9-12-24)29-28(30(36)22-10-14-26-23(18-22)17-20(3)40-26)31(37)32(38)35(29)33-34-25-13-7-19(2)16-27(25)41-33/h7-14,16,18,20,29,36H,4-6,15,17H2,1-3H3/b30-28+/t20-,29+/m0/s1. The van der Waals surface area contributed by atoms with E-state index < -0.39 is 17.7 Å². The van der Waals surface area contributed by atoms with Crippen LogP contribution in [0.5, 0.6) is 11.5 Å². The van der Waals surface area contributed by atoms with E-state index in [2.05, 4.69) is 6.92 Å². The number of ketones is 1. The Morgan fingerprint density at radius 3 is 2.68 bits per heavy atom. The van der Waals surface area contributed by atoms with Crippen molar-refractivity contribution in [1.29, 1.82) is 0 Å². The van der Waals surface area contributed by atoms with Crippen LogP contribution in [0.25, 0.3) is 16.0 Å². The number of anilines is 1. The number of benzene rings is 3. The summed E-state index contributed by atoms with van der Waals surface area (Å²) in [6, 6.07) is 17.8. The number of Topliss-reactive ketones (excluding diaryl/α,β-unsaturated/α-hetero) is 1. The molecule has 2 atom stereocenters. The summed E-state index contributed by atoms with van der Waals surface area (Å²) in [7, 11) is 0. The van der Waals surface area contributed by atoms with E-state index in [0.29, 0.717) is 35.0 Å². The zero-order valence-electron chi connectivity index (χ0n) is 23.3. The van der Waals surface area contributed by atoms with Gasteiger partial charge in [-0.25, -0.2) is 4.98 Å². The summed E-state index contributed by atoms with van der Waals surface area (Å²) >= 11 is 1.35. The first-order valence-corrected chi connectivity index (χ1v) is 14.9. The largest absolute Gasteiger partial charge is 0.507 e. The molecule has 1 aromatic heterocycles. The number of carbonyl (C=O) groups is 2. The van der Waals surface area contributed by atoms with Crippen LogP contribution in [0.2, 0.25) is 0 Å². The third-order valence-electron chi connectivity index (χ3n) is 7.57. The lowest BCUT2D eigenvalue weighted by Crippen LogP contribution is -2.29. The maximum absolute atomic E-state index is 13.6. The minimum atomic E-state index is -0.853. The number of aromatic nitrogens is 1. The number of unbranched alkanes of at least 4 members (excludes halogenated alkanes) is 2. The number of aliphatic hydroxyl groups is 1. The van der Waals surface area contributed by atoms with Crippen LogP contribution < -0.4 is 14.4 Å². The first kappa shape index (κ1) is 27.0. The number of fused-ring (bicyclic) bond motifs is 2. The zero-order valence-corrected chi connectivity index (χ0v) is 24.2. The smallest absolute Gasteiger partial charge is 0.301 e. The molecule has 2 aliphatic rings. The molecule has 210 valence electrons. The van der Waals surface area contributed by atoms with E-state index in [1.54, 1.807) is 12.1 Å². The molecule has 0 bridgehead atoms. The molecular weight excluding hydrogens is 536 g/mol. The topological polar surface area (TPSA) is 89.0 Å². The number of thiazole rings is 1. The van der Waals surface area contributed by atoms with Gasteiger partial charge in [0.1, 0.15) is 23.4 Å². The van der Waals surface area contributed by atoms with Crippen molar-refractivity contribution in [2.24, 2.45) is 0 Å². The number of ether oxygens (including phenoxy) is 2. The van der Waals surface area contributed by atoms with Crippen molar-refractivity contribution in [3.8, 4) is 11.5 Å². The molecule has 1 N–H and O–H groups in total. The minimum absolute atomic E-state index is 0.0361. The second-order valence-corrected chi connectivity index (χ2v) is 11.7. The lowest BCUT2D eigenvalue weighted by atomic mass is 9.94. The van der Waals surface area contributed by atoms with E-state index >= 15 is 0 Å². The van der Waals surface area contributed by atoms with E-state index in [1.165, 1.54) is 16.2 Å². The van der Waals surface area contributed by atoms with Crippen molar-refractivity contribution in [1.82, 2.24) is 4.98 Å². The van der Waals surface area contributed by atoms with Crippen LogP contribution in [-0.2, 0) is 16.0 Å². The van der Waals surface area contributed by atoms with E-state index in [-0.39, 0.29) is 17.4 Å². The van der Waals surface area contributed by atoms with Gasteiger partial charge in [0.15, 0.2) is 5.13 Å². The number of rotatable bonds is 8. The van der Waals surface area contributed by atoms with Gasteiger partial charge in [-0.05, 0) is 79.4 Å². The van der Waals surface area contributed by atoms with Gasteiger partial charge in [-0.1, -0.05) is 49.3 Å². The molecule has 8 heteroatoms. The van der Waals surface area contributed by atoms with Crippen LogP contribution in [-0.4, -0.2) is 34.5 Å². The van der Waals surface area contributed by atoms with Gasteiger partial charge < -0.3 is 14.6 Å². The van der Waals surface area contributed by atoms with Gasteiger partial charge in [0.2, 0.25) is 0 Å². The molecule has 0 saturated carbocycles. The summed E-state index contributed by atoms with van der Waals surface area (Å²) in [4.78, 5) is 33.4. The highest BCUT2D eigenvalue weighted by Gasteiger charge is 2.48. The highest BCUT2D eigenvalue weighted by Crippen LogP contribution is 2.45. The van der Waals surface area contributed by atoms with Crippen LogP contribution >= 0.6 is 11.3 Å². The van der Waals surface area contributed by atoms with Gasteiger partial charge in [0.05, 0.1) is 28.4 Å². The molecule has 41 heavy (non-hydrogen) atoms. The minimum Gasteiger partial charge on any atom is -0.507 e. The Balaban J connectivity index is 1.44. The van der Waals surface area contributed by atoms with Crippen molar-refractivity contribution >= 4 is 44.1 Å². The predicted molar refractivity (Wildman–Crippen MR) is 161 cm³/mol. The van der Waals surface area contributed by atoms with Crippen molar-refractivity contribution in [2.45, 2.75) is 58.6 Å². The molecule has 4 aromatic rings. The Morgan fingerprint density at radius 2 is 1.90 bits per heavy atom. The molecule has 1 amide bonds. The Bertz CT molecular complexity index is 1670. The quantitative estimate of drug-likeness (QED) is 0.105. The van der Waals surface area contributed by atoms with Gasteiger partial charge in [-0.3, -0.25) is 14.5 Å². The zero-order chi connectivity index (χ0) is 28.7. The molecule has 6 rings (SSSR count). The third kappa shape index (κ3) is 5.08. The number of carbonyl (C=O) groups excluding carboxylic acids is 2. The number of aryl methyl sites for hydroxylation is 1. The molecule has 0 radical (unpaired) electrons. The number of amides is 1. The van der Waals surface area contributed by atoms with Gasteiger partial charge in [0, 0.05) is 12.0 Å². The fourth-order valence-corrected chi connectivity index (χ4v) is 6.57. The van der Waals surface area contributed by atoms with E-state index in [0.717, 1.165) is 46.4 Å². The van der Waals surface area contributed by atoms with Crippen molar-refractivity contribution in [3.05, 3.63) is 88.5 Å². The van der Waals surface area contributed by atoms with Crippen LogP contribution in [0.1, 0.15) is 61.4 Å². The number of hydrogen-bond acceptors (Lipinski definition) is 7. The summed E-state index contributed by atoms with van der Waals surface area (Å²) in [6.07, 6.45) is 3.93. The summed E-state index contributed by atoms with van der Waals surface area (Å²) in [6.45, 7) is 6.76. The average molecular weight is 569 g/mol. The second kappa shape index (κ2) is 11.0. The summed E-state index contributed by atoms with van der Waals surface area (Å²) in [5.74, 6) is -0.191. The van der Waals surface area contributed by atoms with Crippen LogP contribution in [0.4, 0.5) is 5.13 Å². The Hall–Kier alpha value is -4.17. The summed E-state index contributed by atoms with van der Waals surface area (Å²) in [5, 5.41) is 12.0. The molecule has 0 unspecified atom stereocenters.